The molecule has 4 rings (SSSR count). The number of likely N-dealkylation sites (tertiary alicyclic amines) is 1. The minimum Gasteiger partial charge on any atom is -0.480 e. The third-order valence-corrected chi connectivity index (χ3v) is 8.40. The van der Waals surface area contributed by atoms with E-state index in [0.29, 0.717) is 16.8 Å². The topological polar surface area (TPSA) is 82.3 Å². The van der Waals surface area contributed by atoms with Gasteiger partial charge in [0.1, 0.15) is 6.54 Å². The summed E-state index contributed by atoms with van der Waals surface area (Å²) >= 11 is 0. The second-order valence-electron chi connectivity index (χ2n) is 12.6. The van der Waals surface area contributed by atoms with Gasteiger partial charge in [0.05, 0.1) is 5.69 Å². The van der Waals surface area contributed by atoms with Gasteiger partial charge in [-0.25, -0.2) is 0 Å². The Morgan fingerprint density at radius 2 is 1.64 bits per heavy atom. The van der Waals surface area contributed by atoms with Gasteiger partial charge in [-0.05, 0) is 93.7 Å². The van der Waals surface area contributed by atoms with Crippen molar-refractivity contribution in [3.63, 3.8) is 0 Å². The first-order valence-electron chi connectivity index (χ1n) is 15.6. The van der Waals surface area contributed by atoms with Gasteiger partial charge in [0.2, 0.25) is 5.78 Å². The smallest absolute Gasteiger partial charge is 0.323 e. The van der Waals surface area contributed by atoms with Crippen molar-refractivity contribution in [3.8, 4) is 0 Å². The number of piperidine rings is 1. The lowest BCUT2D eigenvalue weighted by atomic mass is 9.91. The zero-order valence-corrected chi connectivity index (χ0v) is 25.9. The monoisotopic (exact) mass is 573 g/mol. The van der Waals surface area contributed by atoms with Crippen LogP contribution in [0.25, 0.3) is 5.52 Å². The average Bonchev–Trinajstić information content (AvgIpc) is 3.31. The average molecular weight is 574 g/mol. The molecule has 1 aliphatic heterocycles. The number of carboxylic acids is 1. The van der Waals surface area contributed by atoms with Crippen molar-refractivity contribution in [2.24, 2.45) is 11.8 Å². The number of hydrogen-bond donors (Lipinski definition) is 1. The number of aliphatic carboxylic acids is 1. The number of carbonyl (C=O) groups excluding carboxylic acids is 2. The van der Waals surface area contributed by atoms with Gasteiger partial charge in [0.15, 0.2) is 0 Å². The molecule has 0 radical (unpaired) electrons. The molecule has 1 aliphatic rings. The molecule has 2 atom stereocenters. The number of unbranched alkanes of at least 4 members (excludes halogenated alkanes) is 1. The molecule has 1 saturated heterocycles. The van der Waals surface area contributed by atoms with Crippen LogP contribution in [0.3, 0.4) is 0 Å². The highest BCUT2D eigenvalue weighted by Gasteiger charge is 2.24. The van der Waals surface area contributed by atoms with Crippen LogP contribution in [0.2, 0.25) is 0 Å². The van der Waals surface area contributed by atoms with E-state index in [9.17, 15) is 19.5 Å². The predicted molar refractivity (Wildman–Crippen MR) is 167 cm³/mol. The molecule has 0 spiro atoms. The largest absolute Gasteiger partial charge is 0.480 e. The number of aryl methyl sites for hydroxylation is 2. The van der Waals surface area contributed by atoms with Gasteiger partial charge >= 0.3 is 5.97 Å². The molecule has 1 amide bonds. The number of ketones is 1. The summed E-state index contributed by atoms with van der Waals surface area (Å²) < 4.78 is 1.87. The van der Waals surface area contributed by atoms with Crippen LogP contribution < -0.4 is 0 Å². The Bertz CT molecular complexity index is 1380. The summed E-state index contributed by atoms with van der Waals surface area (Å²) in [5, 5.41) is 9.29. The Morgan fingerprint density at radius 3 is 2.26 bits per heavy atom. The van der Waals surface area contributed by atoms with E-state index in [1.165, 1.54) is 30.0 Å². The second-order valence-corrected chi connectivity index (χ2v) is 12.6. The van der Waals surface area contributed by atoms with Crippen LogP contribution in [-0.2, 0) is 17.6 Å². The minimum atomic E-state index is -1.05. The summed E-state index contributed by atoms with van der Waals surface area (Å²) in [6.45, 7) is 13.6. The summed E-state index contributed by atoms with van der Waals surface area (Å²) in [6.07, 6.45) is 7.93. The van der Waals surface area contributed by atoms with Crippen molar-refractivity contribution in [3.05, 3.63) is 76.6 Å². The number of benzene rings is 1. The highest BCUT2D eigenvalue weighted by atomic mass is 16.4. The van der Waals surface area contributed by atoms with E-state index in [1.807, 2.05) is 22.6 Å². The minimum absolute atomic E-state index is 0.0299. The molecule has 1 aromatic carbocycles. The number of carboxylic acid groups (broad SMARTS) is 1. The summed E-state index contributed by atoms with van der Waals surface area (Å²) in [6, 6.07) is 13.2. The van der Waals surface area contributed by atoms with Crippen LogP contribution in [0.5, 0.6) is 0 Å². The standard InChI is InChI=1S/C35H47N3O4/c1-6-7-10-29-19-31-20-30(35(42)38(24(2)3)23-32(39)40)15-17-37(31)33(29)34(41)28-13-11-27(12-14-28)9-8-16-36-21-25(4)18-26(5)22-36/h11-15,17,19-20,24-26H,6-10,16,18,21-23H2,1-5H3,(H,39,40)/t25-,26+. The molecule has 0 unspecified atom stereocenters. The predicted octanol–water partition coefficient (Wildman–Crippen LogP) is 6.36. The van der Waals surface area contributed by atoms with Gasteiger partial charge in [-0.1, -0.05) is 51.5 Å². The summed E-state index contributed by atoms with van der Waals surface area (Å²) in [5.74, 6) is 0.125. The lowest BCUT2D eigenvalue weighted by Gasteiger charge is -2.34. The molecule has 7 nitrogen and oxygen atoms in total. The molecule has 7 heteroatoms. The fourth-order valence-corrected chi connectivity index (χ4v) is 6.42. The zero-order chi connectivity index (χ0) is 30.4. The first-order chi connectivity index (χ1) is 20.1. The van der Waals surface area contributed by atoms with Crippen LogP contribution in [0, 0.1) is 11.8 Å². The summed E-state index contributed by atoms with van der Waals surface area (Å²) in [5.41, 5.74) is 4.66. The summed E-state index contributed by atoms with van der Waals surface area (Å²) in [4.78, 5) is 42.3. The van der Waals surface area contributed by atoms with Crippen LogP contribution in [0.4, 0.5) is 0 Å². The molecule has 3 heterocycles. The van der Waals surface area contributed by atoms with Gasteiger partial charge in [-0.15, -0.1) is 0 Å². The number of amides is 1. The van der Waals surface area contributed by atoms with Crippen molar-refractivity contribution >= 4 is 23.2 Å². The van der Waals surface area contributed by atoms with E-state index in [4.69, 9.17) is 0 Å². The van der Waals surface area contributed by atoms with Crippen molar-refractivity contribution in [2.45, 2.75) is 79.2 Å². The Morgan fingerprint density at radius 1 is 0.952 bits per heavy atom. The Balaban J connectivity index is 1.52. The SMILES string of the molecule is CCCCc1cc2cc(C(=O)N(CC(=O)O)C(C)C)ccn2c1C(=O)c1ccc(CCCN2C[C@H](C)C[C@H](C)C2)cc1. The molecule has 42 heavy (non-hydrogen) atoms. The van der Waals surface area contributed by atoms with Gasteiger partial charge in [0, 0.05) is 42.0 Å². The fourth-order valence-electron chi connectivity index (χ4n) is 6.42. The molecule has 2 aromatic heterocycles. The number of carbonyl (C=O) groups is 3. The number of pyridine rings is 1. The van der Waals surface area contributed by atoms with Crippen LogP contribution >= 0.6 is 0 Å². The maximum absolute atomic E-state index is 13.9. The Labute approximate surface area is 250 Å². The van der Waals surface area contributed by atoms with Gasteiger partial charge in [0.25, 0.3) is 5.91 Å². The lowest BCUT2D eigenvalue weighted by Crippen LogP contribution is -2.40. The quantitative estimate of drug-likeness (QED) is 0.241. The van der Waals surface area contributed by atoms with Crippen molar-refractivity contribution in [1.82, 2.24) is 14.2 Å². The molecule has 0 saturated carbocycles. The van der Waals surface area contributed by atoms with E-state index >= 15 is 0 Å². The summed E-state index contributed by atoms with van der Waals surface area (Å²) in [7, 11) is 0. The van der Waals surface area contributed by atoms with E-state index in [2.05, 4.69) is 37.8 Å². The zero-order valence-electron chi connectivity index (χ0n) is 25.9. The maximum atomic E-state index is 13.9. The van der Waals surface area contributed by atoms with Gasteiger partial charge in [-0.3, -0.25) is 14.4 Å². The highest BCUT2D eigenvalue weighted by Crippen LogP contribution is 2.25. The molecule has 1 N–H and O–H groups in total. The highest BCUT2D eigenvalue weighted by molar-refractivity contribution is 6.10. The fraction of sp³-hybridized carbons (Fsp3) is 0.514. The van der Waals surface area contributed by atoms with Crippen LogP contribution in [0.1, 0.15) is 97.8 Å². The number of rotatable bonds is 13. The first kappa shape index (κ1) is 31.5. The van der Waals surface area contributed by atoms with Gasteiger partial charge in [-0.2, -0.15) is 0 Å². The Hall–Kier alpha value is -3.45. The van der Waals surface area contributed by atoms with E-state index in [-0.39, 0.29) is 24.3 Å². The molecule has 226 valence electrons. The lowest BCUT2D eigenvalue weighted by molar-refractivity contribution is -0.138. The molecular formula is C35H47N3O4. The van der Waals surface area contributed by atoms with Crippen molar-refractivity contribution in [2.75, 3.05) is 26.2 Å². The molecule has 0 bridgehead atoms. The normalized spacial score (nSPS) is 17.6. The van der Waals surface area contributed by atoms with Crippen molar-refractivity contribution in [1.29, 1.82) is 0 Å². The van der Waals surface area contributed by atoms with E-state index < -0.39 is 5.97 Å². The van der Waals surface area contributed by atoms with Gasteiger partial charge < -0.3 is 19.3 Å². The molecular weight excluding hydrogens is 526 g/mol. The van der Waals surface area contributed by atoms with E-state index in [1.54, 1.807) is 32.2 Å². The Kier molecular flexibility index (Phi) is 10.6. The number of aromatic nitrogens is 1. The second kappa shape index (κ2) is 14.1. The van der Waals surface area contributed by atoms with E-state index in [0.717, 1.165) is 61.6 Å². The maximum Gasteiger partial charge on any atom is 0.323 e. The third-order valence-electron chi connectivity index (χ3n) is 8.40. The number of fused-ring (bicyclic) bond motifs is 1. The number of hydrogen-bond acceptors (Lipinski definition) is 4. The van der Waals surface area contributed by atoms with Crippen molar-refractivity contribution < 1.29 is 19.5 Å². The molecule has 1 fully saturated rings. The first-order valence-corrected chi connectivity index (χ1v) is 15.6. The van der Waals surface area contributed by atoms with Crippen LogP contribution in [0.15, 0.2) is 48.7 Å². The molecule has 0 aliphatic carbocycles. The van der Waals surface area contributed by atoms with Crippen LogP contribution in [-0.4, -0.2) is 69.2 Å². The third kappa shape index (κ3) is 7.68. The number of nitrogens with zero attached hydrogens (tertiary/aromatic N) is 3. The molecule has 3 aromatic rings.